The van der Waals surface area contributed by atoms with Crippen LogP contribution in [0.25, 0.3) is 0 Å². The van der Waals surface area contributed by atoms with E-state index in [0.29, 0.717) is 5.69 Å². The molecule has 0 aromatic carbocycles. The highest BCUT2D eigenvalue weighted by molar-refractivity contribution is 9.10. The van der Waals surface area contributed by atoms with Crippen LogP contribution in [-0.4, -0.2) is 17.3 Å². The van der Waals surface area contributed by atoms with E-state index in [4.69, 9.17) is 0 Å². The first-order valence-electron chi connectivity index (χ1n) is 4.18. The standard InChI is InChI=1S/C9H9BrF3NO/c1-6(9(11,12)13)15-5-8-3-2-7(10)4-14-8/h2-4,6H,5H2,1H3. The molecule has 0 N–H and O–H groups in total. The van der Waals surface area contributed by atoms with Gasteiger partial charge in [-0.05, 0) is 35.0 Å². The molecule has 0 aliphatic rings. The summed E-state index contributed by atoms with van der Waals surface area (Å²) in [6.07, 6.45) is -4.59. The van der Waals surface area contributed by atoms with Gasteiger partial charge in [-0.2, -0.15) is 13.2 Å². The molecular formula is C9H9BrF3NO. The molecule has 1 aromatic rings. The first-order chi connectivity index (χ1) is 6.89. The molecule has 1 atom stereocenters. The predicted octanol–water partition coefficient (Wildman–Crippen LogP) is 3.31. The lowest BCUT2D eigenvalue weighted by Crippen LogP contribution is -2.28. The van der Waals surface area contributed by atoms with Gasteiger partial charge in [0.2, 0.25) is 0 Å². The van der Waals surface area contributed by atoms with E-state index in [-0.39, 0.29) is 6.61 Å². The van der Waals surface area contributed by atoms with E-state index in [1.807, 2.05) is 0 Å². The number of rotatable bonds is 3. The molecule has 0 radical (unpaired) electrons. The second-order valence-corrected chi connectivity index (χ2v) is 3.88. The number of hydrogen-bond acceptors (Lipinski definition) is 2. The average Bonchev–Trinajstić information content (AvgIpc) is 2.15. The molecular weight excluding hydrogens is 275 g/mol. The number of aromatic nitrogens is 1. The molecule has 0 fully saturated rings. The molecule has 0 aliphatic carbocycles. The Kier molecular flexibility index (Phi) is 4.10. The molecule has 0 saturated heterocycles. The summed E-state index contributed by atoms with van der Waals surface area (Å²) in [7, 11) is 0. The zero-order valence-corrected chi connectivity index (χ0v) is 9.47. The van der Waals surface area contributed by atoms with Crippen molar-refractivity contribution in [2.24, 2.45) is 0 Å². The molecule has 1 heterocycles. The summed E-state index contributed by atoms with van der Waals surface area (Å²) in [5.41, 5.74) is 0.467. The summed E-state index contributed by atoms with van der Waals surface area (Å²) < 4.78 is 41.6. The third-order valence-electron chi connectivity index (χ3n) is 1.73. The third kappa shape index (κ3) is 4.17. The van der Waals surface area contributed by atoms with Gasteiger partial charge in [-0.1, -0.05) is 0 Å². The summed E-state index contributed by atoms with van der Waals surface area (Å²) in [6, 6.07) is 3.30. The Bertz CT molecular complexity index is 312. The number of ether oxygens (including phenoxy) is 1. The first kappa shape index (κ1) is 12.4. The van der Waals surface area contributed by atoms with Crippen molar-refractivity contribution < 1.29 is 17.9 Å². The molecule has 0 saturated carbocycles. The summed E-state index contributed by atoms with van der Waals surface area (Å²) in [5, 5.41) is 0. The van der Waals surface area contributed by atoms with Gasteiger partial charge in [0.05, 0.1) is 12.3 Å². The number of nitrogens with zero attached hydrogens (tertiary/aromatic N) is 1. The fourth-order valence-corrected chi connectivity index (χ4v) is 1.03. The van der Waals surface area contributed by atoms with Crippen molar-refractivity contribution in [3.63, 3.8) is 0 Å². The van der Waals surface area contributed by atoms with Crippen LogP contribution in [0, 0.1) is 0 Å². The van der Waals surface area contributed by atoms with Crippen LogP contribution in [0.5, 0.6) is 0 Å². The van der Waals surface area contributed by atoms with Crippen molar-refractivity contribution in [3.8, 4) is 0 Å². The van der Waals surface area contributed by atoms with Crippen LogP contribution in [0.4, 0.5) is 13.2 Å². The van der Waals surface area contributed by atoms with Crippen molar-refractivity contribution in [3.05, 3.63) is 28.5 Å². The van der Waals surface area contributed by atoms with E-state index >= 15 is 0 Å². The maximum absolute atomic E-state index is 12.1. The van der Waals surface area contributed by atoms with Gasteiger partial charge in [-0.15, -0.1) is 0 Å². The van der Waals surface area contributed by atoms with Crippen LogP contribution >= 0.6 is 15.9 Å². The van der Waals surface area contributed by atoms with Gasteiger partial charge in [0, 0.05) is 10.7 Å². The lowest BCUT2D eigenvalue weighted by Gasteiger charge is -2.15. The highest BCUT2D eigenvalue weighted by Gasteiger charge is 2.36. The van der Waals surface area contributed by atoms with Gasteiger partial charge in [-0.25, -0.2) is 0 Å². The van der Waals surface area contributed by atoms with Crippen LogP contribution in [0.2, 0.25) is 0 Å². The van der Waals surface area contributed by atoms with Crippen molar-refractivity contribution >= 4 is 15.9 Å². The Balaban J connectivity index is 2.47. The fourth-order valence-electron chi connectivity index (χ4n) is 0.797. The van der Waals surface area contributed by atoms with Gasteiger partial charge in [0.25, 0.3) is 0 Å². The number of pyridine rings is 1. The van der Waals surface area contributed by atoms with Crippen molar-refractivity contribution in [1.29, 1.82) is 0 Å². The lowest BCUT2D eigenvalue weighted by molar-refractivity contribution is -0.217. The minimum Gasteiger partial charge on any atom is -0.363 e. The predicted molar refractivity (Wildman–Crippen MR) is 52.2 cm³/mol. The minimum atomic E-state index is -4.32. The van der Waals surface area contributed by atoms with Gasteiger partial charge >= 0.3 is 6.18 Å². The molecule has 0 spiro atoms. The third-order valence-corrected chi connectivity index (χ3v) is 2.20. The Hall–Kier alpha value is -0.620. The molecule has 0 aliphatic heterocycles. The summed E-state index contributed by atoms with van der Waals surface area (Å²) in [5.74, 6) is 0. The van der Waals surface area contributed by atoms with Gasteiger partial charge in [0.15, 0.2) is 6.10 Å². The Labute approximate surface area is 93.6 Å². The maximum Gasteiger partial charge on any atom is 0.414 e. The zero-order chi connectivity index (χ0) is 11.5. The normalized spacial score (nSPS) is 13.9. The van der Waals surface area contributed by atoms with Crippen molar-refractivity contribution in [1.82, 2.24) is 4.98 Å². The van der Waals surface area contributed by atoms with Crippen LogP contribution in [0.15, 0.2) is 22.8 Å². The SMILES string of the molecule is CC(OCc1ccc(Br)cn1)C(F)(F)F. The quantitative estimate of drug-likeness (QED) is 0.849. The molecule has 84 valence electrons. The lowest BCUT2D eigenvalue weighted by atomic mass is 10.3. The van der Waals surface area contributed by atoms with E-state index in [1.165, 1.54) is 6.20 Å². The zero-order valence-electron chi connectivity index (χ0n) is 7.88. The van der Waals surface area contributed by atoms with Gasteiger partial charge < -0.3 is 4.74 Å². The van der Waals surface area contributed by atoms with Crippen molar-refractivity contribution in [2.75, 3.05) is 0 Å². The van der Waals surface area contributed by atoms with Crippen LogP contribution in [0.1, 0.15) is 12.6 Å². The van der Waals surface area contributed by atoms with E-state index in [9.17, 15) is 13.2 Å². The first-order valence-corrected chi connectivity index (χ1v) is 4.97. The fraction of sp³-hybridized carbons (Fsp3) is 0.444. The van der Waals surface area contributed by atoms with Crippen LogP contribution in [0.3, 0.4) is 0 Å². The van der Waals surface area contributed by atoms with E-state index in [1.54, 1.807) is 12.1 Å². The van der Waals surface area contributed by atoms with E-state index in [2.05, 4.69) is 25.7 Å². The monoisotopic (exact) mass is 283 g/mol. The smallest absolute Gasteiger partial charge is 0.363 e. The second kappa shape index (κ2) is 4.94. The van der Waals surface area contributed by atoms with Crippen molar-refractivity contribution in [2.45, 2.75) is 25.8 Å². The molecule has 2 nitrogen and oxygen atoms in total. The number of halogens is 4. The highest BCUT2D eigenvalue weighted by Crippen LogP contribution is 2.23. The minimum absolute atomic E-state index is 0.145. The molecule has 1 rings (SSSR count). The molecule has 15 heavy (non-hydrogen) atoms. The van der Waals surface area contributed by atoms with Crippen LogP contribution < -0.4 is 0 Å². The summed E-state index contributed by atoms with van der Waals surface area (Å²) in [6.45, 7) is 0.826. The molecule has 0 bridgehead atoms. The van der Waals surface area contributed by atoms with Gasteiger partial charge in [-0.3, -0.25) is 4.98 Å². The molecule has 1 aromatic heterocycles. The Morgan fingerprint density at radius 2 is 2.13 bits per heavy atom. The average molecular weight is 284 g/mol. The van der Waals surface area contributed by atoms with Gasteiger partial charge in [0.1, 0.15) is 0 Å². The highest BCUT2D eigenvalue weighted by atomic mass is 79.9. The molecule has 0 amide bonds. The largest absolute Gasteiger partial charge is 0.414 e. The molecule has 1 unspecified atom stereocenters. The summed E-state index contributed by atoms with van der Waals surface area (Å²) in [4.78, 5) is 3.89. The van der Waals surface area contributed by atoms with E-state index < -0.39 is 12.3 Å². The maximum atomic E-state index is 12.1. The number of alkyl halides is 3. The van der Waals surface area contributed by atoms with Crippen LogP contribution in [-0.2, 0) is 11.3 Å². The number of hydrogen-bond donors (Lipinski definition) is 0. The topological polar surface area (TPSA) is 22.1 Å². The second-order valence-electron chi connectivity index (χ2n) is 2.96. The Morgan fingerprint density at radius 1 is 1.47 bits per heavy atom. The summed E-state index contributed by atoms with van der Waals surface area (Å²) >= 11 is 3.17. The Morgan fingerprint density at radius 3 is 2.60 bits per heavy atom. The molecule has 6 heteroatoms. The van der Waals surface area contributed by atoms with E-state index in [0.717, 1.165) is 11.4 Å².